The van der Waals surface area contributed by atoms with E-state index in [2.05, 4.69) is 0 Å². The molecule has 0 rings (SSSR count). The van der Waals surface area contributed by atoms with Crippen LogP contribution in [-0.2, 0) is 0 Å². The van der Waals surface area contributed by atoms with Crippen LogP contribution in [0.1, 0.15) is 6.92 Å². The number of allylic oxidation sites excluding steroid dienone is 1. The molecule has 0 aromatic heterocycles. The van der Waals surface area contributed by atoms with E-state index in [0.717, 1.165) is 6.08 Å². The fraction of sp³-hybridized carbons (Fsp3) is 0.333. The van der Waals surface area contributed by atoms with Gasteiger partial charge in [0.2, 0.25) is 0 Å². The number of rotatable bonds is 1. The summed E-state index contributed by atoms with van der Waals surface area (Å²) in [5, 5.41) is 0. The van der Waals surface area contributed by atoms with E-state index in [-0.39, 0.29) is 0 Å². The average Bonchev–Trinajstić information content (AvgIpc) is 1.30. The molecular formula is C3H5F3Si. The fourth-order valence-corrected chi connectivity index (χ4v) is 0.567. The first-order valence-electron chi connectivity index (χ1n) is 1.77. The molecule has 0 saturated carbocycles. The molecular weight excluding hydrogens is 121 g/mol. The van der Waals surface area contributed by atoms with Gasteiger partial charge in [-0.05, 0) is 12.6 Å². The van der Waals surface area contributed by atoms with Crippen LogP contribution in [0.5, 0.6) is 0 Å². The van der Waals surface area contributed by atoms with Gasteiger partial charge in [-0.2, -0.15) is 0 Å². The lowest BCUT2D eigenvalue weighted by Crippen LogP contribution is -2.09. The topological polar surface area (TPSA) is 0 Å². The highest BCUT2D eigenvalue weighted by molar-refractivity contribution is 6.64. The molecule has 0 aromatic carbocycles. The molecule has 4 heteroatoms. The maximum atomic E-state index is 11.1. The van der Waals surface area contributed by atoms with E-state index in [4.69, 9.17) is 0 Å². The van der Waals surface area contributed by atoms with Gasteiger partial charge in [0.1, 0.15) is 0 Å². The molecule has 42 valence electrons. The van der Waals surface area contributed by atoms with Crippen molar-refractivity contribution in [1.29, 1.82) is 0 Å². The lowest BCUT2D eigenvalue weighted by atomic mass is 10.8. The summed E-state index contributed by atoms with van der Waals surface area (Å²) in [5.41, 5.74) is 0.326. The predicted octanol–water partition coefficient (Wildman–Crippen LogP) is 1.95. The quantitative estimate of drug-likeness (QED) is 0.372. The molecule has 7 heavy (non-hydrogen) atoms. The molecule has 0 bridgehead atoms. The van der Waals surface area contributed by atoms with Gasteiger partial charge in [0.15, 0.2) is 0 Å². The first kappa shape index (κ1) is 6.75. The van der Waals surface area contributed by atoms with Crippen molar-refractivity contribution >= 4 is 9.08 Å². The van der Waals surface area contributed by atoms with Crippen molar-refractivity contribution in [3.8, 4) is 0 Å². The molecule has 0 N–H and O–H groups in total. The summed E-state index contributed by atoms with van der Waals surface area (Å²) in [7, 11) is -5.34. The minimum atomic E-state index is -5.34. The normalized spacial score (nSPS) is 13.1. The van der Waals surface area contributed by atoms with Crippen molar-refractivity contribution < 1.29 is 12.3 Å². The first-order valence-corrected chi connectivity index (χ1v) is 3.48. The zero-order chi connectivity index (χ0) is 5.91. The van der Waals surface area contributed by atoms with E-state index in [1.165, 1.54) is 6.92 Å². The molecule has 0 unspecified atom stereocenters. The zero-order valence-corrected chi connectivity index (χ0v) is 4.79. The van der Waals surface area contributed by atoms with Gasteiger partial charge in [0.25, 0.3) is 0 Å². The van der Waals surface area contributed by atoms with Crippen molar-refractivity contribution in [2.24, 2.45) is 0 Å². The Bertz CT molecular complexity index is 72.7. The third-order valence-electron chi connectivity index (χ3n) is 0.356. The minimum absolute atomic E-state index is 0.326. The largest absolute Gasteiger partial charge is 0.645 e. The molecule has 0 radical (unpaired) electrons. The Morgan fingerprint density at radius 3 is 1.71 bits per heavy atom. The lowest BCUT2D eigenvalue weighted by Gasteiger charge is -1.87. The van der Waals surface area contributed by atoms with Gasteiger partial charge in [-0.1, -0.05) is 6.08 Å². The second-order valence-electron chi connectivity index (χ2n) is 1.04. The number of hydrogen-bond donors (Lipinski definition) is 0. The monoisotopic (exact) mass is 126 g/mol. The number of halogens is 3. The van der Waals surface area contributed by atoms with Crippen molar-refractivity contribution in [2.45, 2.75) is 6.92 Å². The molecule has 0 spiro atoms. The van der Waals surface area contributed by atoms with Gasteiger partial charge in [0.05, 0.1) is 0 Å². The van der Waals surface area contributed by atoms with Crippen LogP contribution in [0.4, 0.5) is 12.3 Å². The maximum absolute atomic E-state index is 11.1. The third-order valence-corrected chi connectivity index (χ3v) is 1.07. The molecule has 0 aromatic rings. The van der Waals surface area contributed by atoms with Crippen LogP contribution in [0.25, 0.3) is 0 Å². The molecule has 0 nitrogen and oxygen atoms in total. The van der Waals surface area contributed by atoms with E-state index in [1.54, 1.807) is 0 Å². The minimum Gasteiger partial charge on any atom is -0.234 e. The average molecular weight is 126 g/mol. The molecule has 0 amide bonds. The third kappa shape index (κ3) is 5.75. The van der Waals surface area contributed by atoms with Gasteiger partial charge in [0, 0.05) is 0 Å². The van der Waals surface area contributed by atoms with Crippen LogP contribution < -0.4 is 0 Å². The van der Waals surface area contributed by atoms with Crippen LogP contribution in [0, 0.1) is 0 Å². The molecule has 0 aliphatic heterocycles. The van der Waals surface area contributed by atoms with Crippen molar-refractivity contribution in [3.63, 3.8) is 0 Å². The zero-order valence-electron chi connectivity index (χ0n) is 3.79. The Hall–Kier alpha value is -0.253. The van der Waals surface area contributed by atoms with Crippen molar-refractivity contribution in [1.82, 2.24) is 0 Å². The van der Waals surface area contributed by atoms with Gasteiger partial charge >= 0.3 is 9.08 Å². The Kier molecular flexibility index (Phi) is 2.08. The van der Waals surface area contributed by atoms with Crippen LogP contribution in [0.2, 0.25) is 0 Å². The summed E-state index contributed by atoms with van der Waals surface area (Å²) in [4.78, 5) is 0. The number of hydrogen-bond acceptors (Lipinski definition) is 0. The Morgan fingerprint density at radius 1 is 1.29 bits per heavy atom. The van der Waals surface area contributed by atoms with E-state index in [1.807, 2.05) is 0 Å². The molecule has 0 atom stereocenters. The van der Waals surface area contributed by atoms with Gasteiger partial charge in [-0.3, -0.25) is 0 Å². The van der Waals surface area contributed by atoms with Crippen LogP contribution in [0.3, 0.4) is 0 Å². The summed E-state index contributed by atoms with van der Waals surface area (Å²) < 4.78 is 33.3. The van der Waals surface area contributed by atoms with E-state index in [0.29, 0.717) is 5.70 Å². The van der Waals surface area contributed by atoms with E-state index >= 15 is 0 Å². The highest BCUT2D eigenvalue weighted by atomic mass is 28.5. The Morgan fingerprint density at radius 2 is 1.71 bits per heavy atom. The second kappa shape index (κ2) is 2.16. The summed E-state index contributed by atoms with van der Waals surface area (Å²) >= 11 is 0. The van der Waals surface area contributed by atoms with E-state index < -0.39 is 9.08 Å². The summed E-state index contributed by atoms with van der Waals surface area (Å²) in [6, 6.07) is 0. The highest BCUT2D eigenvalue weighted by Gasteiger charge is 2.31. The predicted molar refractivity (Wildman–Crippen MR) is 23.9 cm³/mol. The summed E-state index contributed by atoms with van der Waals surface area (Å²) in [5.74, 6) is 0. The molecule has 0 saturated heterocycles. The summed E-state index contributed by atoms with van der Waals surface area (Å²) in [6.45, 7) is 1.36. The molecule has 0 aliphatic rings. The van der Waals surface area contributed by atoms with Gasteiger partial charge in [-0.25, -0.2) is 12.3 Å². The molecule has 0 fully saturated rings. The molecule has 0 heterocycles. The van der Waals surface area contributed by atoms with E-state index in [9.17, 15) is 12.3 Å². The Balaban J connectivity index is 3.56. The SMILES string of the molecule is CC=C[Si](F)(F)F. The fourth-order valence-electron chi connectivity index (χ4n) is 0.189. The van der Waals surface area contributed by atoms with Crippen LogP contribution >= 0.6 is 0 Å². The first-order chi connectivity index (χ1) is 3.06. The smallest absolute Gasteiger partial charge is 0.234 e. The second-order valence-corrected chi connectivity index (χ2v) is 2.46. The standard InChI is InChI=1S/C3H5F3Si/c1-2-3-7(4,5)6/h2-3H,1H3. The lowest BCUT2D eigenvalue weighted by molar-refractivity contribution is 0.498. The summed E-state index contributed by atoms with van der Waals surface area (Å²) in [6.07, 6.45) is 1.02. The highest BCUT2D eigenvalue weighted by Crippen LogP contribution is 2.08. The van der Waals surface area contributed by atoms with Crippen LogP contribution in [-0.4, -0.2) is 9.08 Å². The van der Waals surface area contributed by atoms with Gasteiger partial charge < -0.3 is 0 Å². The van der Waals surface area contributed by atoms with Crippen LogP contribution in [0.15, 0.2) is 11.8 Å². The van der Waals surface area contributed by atoms with Crippen molar-refractivity contribution in [3.05, 3.63) is 11.8 Å². The van der Waals surface area contributed by atoms with Gasteiger partial charge in [-0.15, -0.1) is 0 Å². The maximum Gasteiger partial charge on any atom is 0.645 e. The van der Waals surface area contributed by atoms with Crippen molar-refractivity contribution in [2.75, 3.05) is 0 Å². The molecule has 0 aliphatic carbocycles. The Labute approximate surface area is 41.2 Å².